The second-order valence-corrected chi connectivity index (χ2v) is 4.72. The SMILES string of the molecule is CN1CCOC(CNC(=O)Nc2cccc(N)c2)C1. The van der Waals surface area contributed by atoms with Crippen molar-refractivity contribution in [1.29, 1.82) is 0 Å². The molecule has 0 aliphatic carbocycles. The lowest BCUT2D eigenvalue weighted by molar-refractivity contribution is -0.0166. The Kier molecular flexibility index (Phi) is 4.59. The van der Waals surface area contributed by atoms with Gasteiger partial charge in [-0.05, 0) is 25.2 Å². The zero-order valence-electron chi connectivity index (χ0n) is 11.1. The van der Waals surface area contributed by atoms with Crippen molar-refractivity contribution in [2.75, 3.05) is 44.3 Å². The van der Waals surface area contributed by atoms with Crippen LogP contribution >= 0.6 is 0 Å². The summed E-state index contributed by atoms with van der Waals surface area (Å²) in [5.41, 5.74) is 6.94. The Bertz CT molecular complexity index is 438. The van der Waals surface area contributed by atoms with Gasteiger partial charge in [-0.3, -0.25) is 0 Å². The van der Waals surface area contributed by atoms with E-state index < -0.39 is 0 Å². The second kappa shape index (κ2) is 6.40. The molecule has 0 radical (unpaired) electrons. The topological polar surface area (TPSA) is 79.6 Å². The Balaban J connectivity index is 1.75. The van der Waals surface area contributed by atoms with Crippen molar-refractivity contribution < 1.29 is 9.53 Å². The third kappa shape index (κ3) is 4.42. The fraction of sp³-hybridized carbons (Fsp3) is 0.462. The minimum Gasteiger partial charge on any atom is -0.399 e. The first-order chi connectivity index (χ1) is 9.13. The predicted octanol–water partition coefficient (Wildman–Crippen LogP) is 0.721. The molecule has 1 fully saturated rings. The van der Waals surface area contributed by atoms with Crippen LogP contribution in [0.3, 0.4) is 0 Å². The minimum atomic E-state index is -0.248. The van der Waals surface area contributed by atoms with Crippen molar-refractivity contribution >= 4 is 17.4 Å². The summed E-state index contributed by atoms with van der Waals surface area (Å²) in [7, 11) is 2.04. The molecule has 2 amide bonds. The highest BCUT2D eigenvalue weighted by Crippen LogP contribution is 2.11. The molecule has 0 spiro atoms. The van der Waals surface area contributed by atoms with Gasteiger partial charge in [-0.15, -0.1) is 0 Å². The lowest BCUT2D eigenvalue weighted by atomic mass is 10.3. The number of amides is 2. The van der Waals surface area contributed by atoms with Gasteiger partial charge in [0.05, 0.1) is 12.7 Å². The molecule has 0 aromatic heterocycles. The predicted molar refractivity (Wildman–Crippen MR) is 75.1 cm³/mol. The molecule has 1 atom stereocenters. The first-order valence-corrected chi connectivity index (χ1v) is 6.34. The average molecular weight is 264 g/mol. The molecule has 0 bridgehead atoms. The minimum absolute atomic E-state index is 0.0466. The molecule has 0 saturated carbocycles. The normalized spacial score (nSPS) is 19.9. The molecule has 4 N–H and O–H groups in total. The van der Waals surface area contributed by atoms with Gasteiger partial charge in [0, 0.05) is 31.0 Å². The smallest absolute Gasteiger partial charge is 0.319 e. The molecule has 2 rings (SSSR count). The number of nitrogens with two attached hydrogens (primary N) is 1. The monoisotopic (exact) mass is 264 g/mol. The number of carbonyl (C=O) groups excluding carboxylic acids is 1. The van der Waals surface area contributed by atoms with E-state index in [-0.39, 0.29) is 12.1 Å². The van der Waals surface area contributed by atoms with Gasteiger partial charge in [-0.1, -0.05) is 6.07 Å². The number of nitrogens with one attached hydrogen (secondary N) is 2. The number of urea groups is 1. The molecule has 19 heavy (non-hydrogen) atoms. The van der Waals surface area contributed by atoms with E-state index in [0.717, 1.165) is 13.1 Å². The number of carbonyl (C=O) groups is 1. The van der Waals surface area contributed by atoms with Crippen LogP contribution in [0.5, 0.6) is 0 Å². The Hall–Kier alpha value is -1.79. The molecule has 1 aromatic rings. The Morgan fingerprint density at radius 2 is 2.42 bits per heavy atom. The highest BCUT2D eigenvalue weighted by Gasteiger charge is 2.18. The first-order valence-electron chi connectivity index (χ1n) is 6.34. The number of nitrogens with zero attached hydrogens (tertiary/aromatic N) is 1. The third-order valence-corrected chi connectivity index (χ3v) is 2.98. The zero-order valence-corrected chi connectivity index (χ0v) is 11.1. The summed E-state index contributed by atoms with van der Waals surface area (Å²) >= 11 is 0. The highest BCUT2D eigenvalue weighted by atomic mass is 16.5. The van der Waals surface area contributed by atoms with Gasteiger partial charge in [0.25, 0.3) is 0 Å². The molecule has 1 aliphatic rings. The molecule has 1 unspecified atom stereocenters. The number of nitrogen functional groups attached to an aromatic ring is 1. The van der Waals surface area contributed by atoms with E-state index >= 15 is 0 Å². The van der Waals surface area contributed by atoms with Gasteiger partial charge < -0.3 is 26.0 Å². The summed E-state index contributed by atoms with van der Waals surface area (Å²) in [6.45, 7) is 2.97. The van der Waals surface area contributed by atoms with E-state index in [4.69, 9.17) is 10.5 Å². The van der Waals surface area contributed by atoms with E-state index in [0.29, 0.717) is 24.5 Å². The van der Waals surface area contributed by atoms with Crippen molar-refractivity contribution in [1.82, 2.24) is 10.2 Å². The van der Waals surface area contributed by atoms with E-state index in [2.05, 4.69) is 15.5 Å². The number of benzene rings is 1. The zero-order chi connectivity index (χ0) is 13.7. The summed E-state index contributed by atoms with van der Waals surface area (Å²) in [6.07, 6.45) is 0.0466. The van der Waals surface area contributed by atoms with Crippen LogP contribution in [-0.2, 0) is 4.74 Å². The van der Waals surface area contributed by atoms with Gasteiger partial charge >= 0.3 is 6.03 Å². The Morgan fingerprint density at radius 1 is 1.58 bits per heavy atom. The second-order valence-electron chi connectivity index (χ2n) is 4.72. The maximum atomic E-state index is 11.7. The van der Waals surface area contributed by atoms with Crippen LogP contribution < -0.4 is 16.4 Å². The van der Waals surface area contributed by atoms with Gasteiger partial charge in [0.15, 0.2) is 0 Å². The molecule has 1 aliphatic heterocycles. The Labute approximate surface area is 112 Å². The molecule has 1 heterocycles. The number of ether oxygens (including phenoxy) is 1. The van der Waals surface area contributed by atoms with Crippen LogP contribution in [0, 0.1) is 0 Å². The molecule has 104 valence electrons. The van der Waals surface area contributed by atoms with Crippen molar-refractivity contribution in [2.24, 2.45) is 0 Å². The van der Waals surface area contributed by atoms with Gasteiger partial charge in [0.2, 0.25) is 0 Å². The van der Waals surface area contributed by atoms with E-state index in [1.165, 1.54) is 0 Å². The van der Waals surface area contributed by atoms with Gasteiger partial charge in [-0.25, -0.2) is 4.79 Å². The molecule has 6 heteroatoms. The van der Waals surface area contributed by atoms with Crippen LogP contribution in [0.15, 0.2) is 24.3 Å². The van der Waals surface area contributed by atoms with E-state index in [1.807, 2.05) is 7.05 Å². The summed E-state index contributed by atoms with van der Waals surface area (Å²) in [6, 6.07) is 6.83. The largest absolute Gasteiger partial charge is 0.399 e. The number of anilines is 2. The lowest BCUT2D eigenvalue weighted by Crippen LogP contribution is -2.46. The van der Waals surface area contributed by atoms with E-state index in [9.17, 15) is 4.79 Å². The average Bonchev–Trinajstić information content (AvgIpc) is 2.36. The number of hydrogen-bond acceptors (Lipinski definition) is 4. The van der Waals surface area contributed by atoms with Gasteiger partial charge in [-0.2, -0.15) is 0 Å². The van der Waals surface area contributed by atoms with Crippen LogP contribution in [0.2, 0.25) is 0 Å². The van der Waals surface area contributed by atoms with Gasteiger partial charge in [0.1, 0.15) is 0 Å². The van der Waals surface area contributed by atoms with Crippen LogP contribution in [-0.4, -0.2) is 50.3 Å². The molecule has 1 saturated heterocycles. The molecule has 1 aromatic carbocycles. The lowest BCUT2D eigenvalue weighted by Gasteiger charge is -2.30. The fourth-order valence-corrected chi connectivity index (χ4v) is 1.99. The quantitative estimate of drug-likeness (QED) is 0.703. The Morgan fingerprint density at radius 3 is 3.16 bits per heavy atom. The number of rotatable bonds is 3. The molecule has 6 nitrogen and oxygen atoms in total. The van der Waals surface area contributed by atoms with Crippen molar-refractivity contribution in [3.05, 3.63) is 24.3 Å². The number of hydrogen-bond donors (Lipinski definition) is 3. The molecular formula is C13H20N4O2. The highest BCUT2D eigenvalue weighted by molar-refractivity contribution is 5.89. The summed E-state index contributed by atoms with van der Waals surface area (Å²) in [4.78, 5) is 13.9. The summed E-state index contributed by atoms with van der Waals surface area (Å²) in [5.74, 6) is 0. The summed E-state index contributed by atoms with van der Waals surface area (Å²) in [5, 5.41) is 5.53. The van der Waals surface area contributed by atoms with Crippen molar-refractivity contribution in [3.63, 3.8) is 0 Å². The van der Waals surface area contributed by atoms with Crippen molar-refractivity contribution in [2.45, 2.75) is 6.10 Å². The first kappa shape index (κ1) is 13.6. The number of morpholine rings is 1. The number of likely N-dealkylation sites (N-methyl/N-ethyl adjacent to an activating group) is 1. The van der Waals surface area contributed by atoms with Crippen LogP contribution in [0.4, 0.5) is 16.2 Å². The van der Waals surface area contributed by atoms with Crippen LogP contribution in [0.25, 0.3) is 0 Å². The van der Waals surface area contributed by atoms with Crippen molar-refractivity contribution in [3.8, 4) is 0 Å². The molecular weight excluding hydrogens is 244 g/mol. The maximum absolute atomic E-state index is 11.7. The maximum Gasteiger partial charge on any atom is 0.319 e. The van der Waals surface area contributed by atoms with Crippen LogP contribution in [0.1, 0.15) is 0 Å². The standard InChI is InChI=1S/C13H20N4O2/c1-17-5-6-19-12(9-17)8-15-13(18)16-11-4-2-3-10(14)7-11/h2-4,7,12H,5-6,8-9,14H2,1H3,(H2,15,16,18). The fourth-order valence-electron chi connectivity index (χ4n) is 1.99. The summed E-state index contributed by atoms with van der Waals surface area (Å²) < 4.78 is 5.56. The van der Waals surface area contributed by atoms with E-state index in [1.54, 1.807) is 24.3 Å². The third-order valence-electron chi connectivity index (χ3n) is 2.98.